The number of carbonyl (C=O) groups excluding carboxylic acids is 2. The number of aryl methyl sites for hydroxylation is 3. The van der Waals surface area contributed by atoms with Crippen LogP contribution in [0.5, 0.6) is 17.2 Å². The highest BCUT2D eigenvalue weighted by atomic mass is 16.5. The largest absolute Gasteiger partial charge is 0.507 e. The molecular weight excluding hydrogens is 468 g/mol. The number of amides is 2. The van der Waals surface area contributed by atoms with Crippen molar-refractivity contribution >= 4 is 12.3 Å². The fourth-order valence-electron chi connectivity index (χ4n) is 3.51. The van der Waals surface area contributed by atoms with Gasteiger partial charge in [0.2, 0.25) is 6.41 Å². The van der Waals surface area contributed by atoms with Crippen molar-refractivity contribution in [1.82, 2.24) is 10.6 Å². The Balaban J connectivity index is 0.000000752. The number of hydrogen-bond acceptors (Lipinski definition) is 5. The van der Waals surface area contributed by atoms with Crippen molar-refractivity contribution < 1.29 is 24.5 Å². The lowest BCUT2D eigenvalue weighted by molar-refractivity contribution is -0.109. The Morgan fingerprint density at radius 1 is 0.973 bits per heavy atom. The monoisotopic (exact) mass is 508 g/mol. The number of aliphatic hydroxyl groups is 1. The van der Waals surface area contributed by atoms with E-state index in [1.54, 1.807) is 12.1 Å². The Morgan fingerprint density at radius 2 is 1.62 bits per heavy atom. The van der Waals surface area contributed by atoms with E-state index in [9.17, 15) is 14.7 Å². The first-order valence-electron chi connectivity index (χ1n) is 12.6. The van der Waals surface area contributed by atoms with E-state index >= 15 is 0 Å². The third-order valence-corrected chi connectivity index (χ3v) is 5.13. The summed E-state index contributed by atoms with van der Waals surface area (Å²) >= 11 is 0. The highest BCUT2D eigenvalue weighted by Gasteiger charge is 2.14. The highest BCUT2D eigenvalue weighted by molar-refractivity contribution is 5.97. The molecule has 3 aromatic rings. The molecule has 0 heterocycles. The summed E-state index contributed by atoms with van der Waals surface area (Å²) in [6.07, 6.45) is 2.68. The van der Waals surface area contributed by atoms with Crippen LogP contribution >= 0.6 is 0 Å². The van der Waals surface area contributed by atoms with Crippen LogP contribution in [0.2, 0.25) is 0 Å². The van der Waals surface area contributed by atoms with Gasteiger partial charge in [-0.15, -0.1) is 0 Å². The first-order chi connectivity index (χ1) is 17.9. The number of ether oxygens (including phenoxy) is 1. The lowest BCUT2D eigenvalue weighted by Gasteiger charge is -2.15. The molecule has 0 radical (unpaired) electrons. The van der Waals surface area contributed by atoms with Gasteiger partial charge in [0.15, 0.2) is 0 Å². The number of aliphatic hydroxyl groups excluding tert-OH is 1. The van der Waals surface area contributed by atoms with Gasteiger partial charge in [0.1, 0.15) is 17.2 Å². The van der Waals surface area contributed by atoms with Gasteiger partial charge in [-0.25, -0.2) is 0 Å². The minimum atomic E-state index is -0.344. The maximum atomic E-state index is 12.6. The van der Waals surface area contributed by atoms with E-state index in [4.69, 9.17) is 9.84 Å². The van der Waals surface area contributed by atoms with Crippen LogP contribution in [0.4, 0.5) is 0 Å². The topological polar surface area (TPSA) is 108 Å². The zero-order chi connectivity index (χ0) is 27.6. The number of aromatic hydroxyl groups is 1. The molecule has 0 aromatic heterocycles. The molecule has 2 amide bonds. The van der Waals surface area contributed by atoms with Gasteiger partial charge in [-0.2, -0.15) is 0 Å². The normalized spacial score (nSPS) is 9.68. The molecule has 200 valence electrons. The molecule has 3 rings (SSSR count). The summed E-state index contributed by atoms with van der Waals surface area (Å²) < 4.78 is 6.09. The molecule has 0 aliphatic carbocycles. The van der Waals surface area contributed by atoms with Gasteiger partial charge in [-0.05, 0) is 60.7 Å². The molecule has 4 N–H and O–H groups in total. The predicted molar refractivity (Wildman–Crippen MR) is 148 cm³/mol. The van der Waals surface area contributed by atoms with Gasteiger partial charge >= 0.3 is 0 Å². The second-order valence-electron chi connectivity index (χ2n) is 8.05. The number of phenolic OH excluding ortho intramolecular Hbond substituents is 1. The second kappa shape index (κ2) is 17.6. The quantitative estimate of drug-likeness (QED) is 0.216. The predicted octanol–water partition coefficient (Wildman–Crippen LogP) is 5.43. The van der Waals surface area contributed by atoms with Crippen LogP contribution in [-0.2, 0) is 17.8 Å². The first-order valence-corrected chi connectivity index (χ1v) is 12.6. The molecule has 0 aliphatic rings. The summed E-state index contributed by atoms with van der Waals surface area (Å²) in [5, 5.41) is 23.2. The van der Waals surface area contributed by atoms with Crippen molar-refractivity contribution in [2.75, 3.05) is 13.2 Å². The number of phenols is 1. The highest BCUT2D eigenvalue weighted by Crippen LogP contribution is 2.32. The lowest BCUT2D eigenvalue weighted by atomic mass is 10.0. The van der Waals surface area contributed by atoms with Crippen LogP contribution in [0.25, 0.3) is 0 Å². The molecule has 0 atom stereocenters. The van der Waals surface area contributed by atoms with E-state index in [1.165, 1.54) is 11.6 Å². The summed E-state index contributed by atoms with van der Waals surface area (Å²) in [5.41, 5.74) is 4.58. The average molecular weight is 509 g/mol. The van der Waals surface area contributed by atoms with Gasteiger partial charge < -0.3 is 25.6 Å². The zero-order valence-electron chi connectivity index (χ0n) is 22.5. The van der Waals surface area contributed by atoms with Crippen molar-refractivity contribution in [2.45, 2.75) is 54.0 Å². The fraction of sp³-hybridized carbons (Fsp3) is 0.333. The van der Waals surface area contributed by atoms with Gasteiger partial charge in [-0.3, -0.25) is 9.59 Å². The molecule has 3 aromatic carbocycles. The Bertz CT molecular complexity index is 1080. The minimum absolute atomic E-state index is 0.0126. The smallest absolute Gasteiger partial charge is 0.255 e. The van der Waals surface area contributed by atoms with Crippen molar-refractivity contribution in [3.8, 4) is 17.2 Å². The van der Waals surface area contributed by atoms with Crippen LogP contribution in [0, 0.1) is 13.8 Å². The average Bonchev–Trinajstić information content (AvgIpc) is 2.91. The van der Waals surface area contributed by atoms with Gasteiger partial charge in [-0.1, -0.05) is 69.7 Å². The lowest BCUT2D eigenvalue weighted by Crippen LogP contribution is -2.22. The summed E-state index contributed by atoms with van der Waals surface area (Å²) in [5.74, 6) is 0.881. The molecule has 0 saturated carbocycles. The van der Waals surface area contributed by atoms with Crippen LogP contribution in [0.15, 0.2) is 60.7 Å². The Hall–Kier alpha value is -3.84. The molecule has 0 fully saturated rings. The van der Waals surface area contributed by atoms with E-state index < -0.39 is 0 Å². The Labute approximate surface area is 220 Å². The van der Waals surface area contributed by atoms with Crippen LogP contribution in [0.3, 0.4) is 0 Å². The van der Waals surface area contributed by atoms with Crippen LogP contribution in [-0.4, -0.2) is 35.7 Å². The van der Waals surface area contributed by atoms with Gasteiger partial charge in [0.05, 0.1) is 12.2 Å². The third kappa shape index (κ3) is 10.8. The molecule has 0 saturated heterocycles. The summed E-state index contributed by atoms with van der Waals surface area (Å²) in [6.45, 7) is 11.0. The van der Waals surface area contributed by atoms with E-state index in [1.807, 2.05) is 58.0 Å². The zero-order valence-corrected chi connectivity index (χ0v) is 22.5. The molecule has 0 bridgehead atoms. The van der Waals surface area contributed by atoms with E-state index in [0.29, 0.717) is 25.2 Å². The van der Waals surface area contributed by atoms with Crippen molar-refractivity contribution in [2.24, 2.45) is 0 Å². The fourth-order valence-corrected chi connectivity index (χ4v) is 3.51. The maximum Gasteiger partial charge on any atom is 0.255 e. The molecular formula is C30H40N2O5. The molecule has 0 unspecified atom stereocenters. The maximum absolute atomic E-state index is 12.6. The molecule has 0 spiro atoms. The Kier molecular flexibility index (Phi) is 14.8. The van der Waals surface area contributed by atoms with Crippen molar-refractivity contribution in [1.29, 1.82) is 0 Å². The standard InChI is InChI=1S/C25H27NO3.C3H7NO2.C2H6/c1-4-8-20-13-17(2)24(18(3)14-20)29-21-11-12-23(27)22(15-21)25(28)26-16-19-9-6-5-7-10-19;5-2-1-4-3-6;1-2/h5-7,9-15,27H,4,8,16H2,1-3H3,(H,26,28);3,5H,1-2H2,(H,4,6);1-2H3. The molecule has 37 heavy (non-hydrogen) atoms. The second-order valence-corrected chi connectivity index (χ2v) is 8.05. The van der Waals surface area contributed by atoms with Gasteiger partial charge in [0.25, 0.3) is 5.91 Å². The van der Waals surface area contributed by atoms with E-state index in [2.05, 4.69) is 29.7 Å². The minimum Gasteiger partial charge on any atom is -0.507 e. The SMILES string of the molecule is CC.CCCc1cc(C)c(Oc2ccc(O)c(C(=O)NCc3ccccc3)c2)c(C)c1.O=CNCCO. The number of hydrogen-bond donors (Lipinski definition) is 4. The number of benzene rings is 3. The van der Waals surface area contributed by atoms with E-state index in [0.717, 1.165) is 35.3 Å². The Morgan fingerprint density at radius 3 is 2.16 bits per heavy atom. The molecule has 0 aliphatic heterocycles. The third-order valence-electron chi connectivity index (χ3n) is 5.13. The van der Waals surface area contributed by atoms with Gasteiger partial charge in [0, 0.05) is 13.1 Å². The van der Waals surface area contributed by atoms with Crippen molar-refractivity contribution in [3.63, 3.8) is 0 Å². The molecule has 7 heteroatoms. The van der Waals surface area contributed by atoms with E-state index in [-0.39, 0.29) is 23.8 Å². The molecule has 7 nitrogen and oxygen atoms in total. The first kappa shape index (κ1) is 31.2. The number of carbonyl (C=O) groups is 2. The number of nitrogens with one attached hydrogen (secondary N) is 2. The van der Waals surface area contributed by atoms with Crippen LogP contribution < -0.4 is 15.4 Å². The summed E-state index contributed by atoms with van der Waals surface area (Å²) in [4.78, 5) is 21.9. The number of rotatable bonds is 10. The van der Waals surface area contributed by atoms with Crippen LogP contribution in [0.1, 0.15) is 59.8 Å². The summed E-state index contributed by atoms with van der Waals surface area (Å²) in [7, 11) is 0. The summed E-state index contributed by atoms with van der Waals surface area (Å²) in [6, 6.07) is 18.7. The van der Waals surface area contributed by atoms with Crippen molar-refractivity contribution in [3.05, 3.63) is 88.5 Å².